The van der Waals surface area contributed by atoms with Gasteiger partial charge in [0.25, 0.3) is 0 Å². The Morgan fingerprint density at radius 1 is 1.80 bits per heavy atom. The van der Waals surface area contributed by atoms with E-state index in [1.165, 1.54) is 0 Å². The van der Waals surface area contributed by atoms with Crippen molar-refractivity contribution in [3.8, 4) is 0 Å². The number of nitrogens with zero attached hydrogens (tertiary/aromatic N) is 1. The van der Waals surface area contributed by atoms with E-state index in [9.17, 15) is 0 Å². The van der Waals surface area contributed by atoms with E-state index >= 15 is 0 Å². The van der Waals surface area contributed by atoms with Gasteiger partial charge in [0.1, 0.15) is 0 Å². The van der Waals surface area contributed by atoms with Crippen molar-refractivity contribution < 1.29 is 0 Å². The average Bonchev–Trinajstić information content (AvgIpc) is 1.99. The predicted molar refractivity (Wildman–Crippen MR) is 45.8 cm³/mol. The standard InChI is InChI=1S/C7H13BN2/c1-3-7(10-9)5-4-6-8-2/h5,9H,2-4,6H2,1H3/b7-5+,10-9?. The third-order valence-electron chi connectivity index (χ3n) is 1.26. The van der Waals surface area contributed by atoms with E-state index in [-0.39, 0.29) is 0 Å². The quantitative estimate of drug-likeness (QED) is 0.342. The van der Waals surface area contributed by atoms with Crippen molar-refractivity contribution >= 4 is 13.4 Å². The molecular formula is C7H13BN2. The van der Waals surface area contributed by atoms with Gasteiger partial charge in [-0.15, -0.1) is 0 Å². The first-order valence-corrected chi connectivity index (χ1v) is 3.52. The zero-order valence-corrected chi connectivity index (χ0v) is 6.43. The van der Waals surface area contributed by atoms with Gasteiger partial charge in [-0.25, -0.2) is 0 Å². The molecular weight excluding hydrogens is 123 g/mol. The molecule has 0 aliphatic heterocycles. The van der Waals surface area contributed by atoms with E-state index in [4.69, 9.17) is 5.53 Å². The molecule has 0 aliphatic rings. The van der Waals surface area contributed by atoms with Crippen LogP contribution in [0.15, 0.2) is 16.9 Å². The van der Waals surface area contributed by atoms with Crippen LogP contribution in [0.5, 0.6) is 0 Å². The second-order valence-electron chi connectivity index (χ2n) is 2.03. The van der Waals surface area contributed by atoms with Gasteiger partial charge in [0.2, 0.25) is 0 Å². The van der Waals surface area contributed by atoms with E-state index in [1.807, 2.05) is 19.9 Å². The minimum atomic E-state index is 0.848. The molecule has 0 fully saturated rings. The molecule has 0 rings (SSSR count). The summed E-state index contributed by atoms with van der Waals surface area (Å²) in [5.41, 5.74) is 7.59. The van der Waals surface area contributed by atoms with Crippen molar-refractivity contribution in [3.63, 3.8) is 0 Å². The molecule has 0 saturated heterocycles. The predicted octanol–water partition coefficient (Wildman–Crippen LogP) is 2.26. The van der Waals surface area contributed by atoms with Gasteiger partial charge in [0.05, 0.1) is 0 Å². The van der Waals surface area contributed by atoms with Crippen LogP contribution in [0.4, 0.5) is 0 Å². The van der Waals surface area contributed by atoms with E-state index in [2.05, 4.69) is 11.6 Å². The van der Waals surface area contributed by atoms with Gasteiger partial charge in [-0.2, -0.15) is 0 Å². The Morgan fingerprint density at radius 3 is 2.90 bits per heavy atom. The maximum atomic E-state index is 6.73. The van der Waals surface area contributed by atoms with Gasteiger partial charge >= 0.3 is 61.9 Å². The van der Waals surface area contributed by atoms with Crippen LogP contribution in [0, 0.1) is 5.53 Å². The molecule has 0 aromatic rings. The molecule has 2 nitrogen and oxygen atoms in total. The topological polar surface area (TPSA) is 36.2 Å². The van der Waals surface area contributed by atoms with Gasteiger partial charge in [-0.1, -0.05) is 0 Å². The first-order chi connectivity index (χ1) is 4.85. The molecule has 0 aromatic carbocycles. The maximum absolute atomic E-state index is 6.73. The van der Waals surface area contributed by atoms with Crippen molar-refractivity contribution in [2.75, 3.05) is 0 Å². The fourth-order valence-corrected chi connectivity index (χ4v) is 0.637. The van der Waals surface area contributed by atoms with Crippen molar-refractivity contribution in [2.24, 2.45) is 5.11 Å². The van der Waals surface area contributed by atoms with Gasteiger partial charge in [-0.3, -0.25) is 0 Å². The molecule has 1 N–H and O–H groups in total. The summed E-state index contributed by atoms with van der Waals surface area (Å²) in [7, 11) is 0. The molecule has 0 saturated carbocycles. The van der Waals surface area contributed by atoms with Crippen LogP contribution in [0.3, 0.4) is 0 Å². The summed E-state index contributed by atoms with van der Waals surface area (Å²) >= 11 is 0. The van der Waals surface area contributed by atoms with Crippen LogP contribution in [0.2, 0.25) is 6.32 Å². The van der Waals surface area contributed by atoms with Crippen LogP contribution in [-0.4, -0.2) is 13.4 Å². The summed E-state index contributed by atoms with van der Waals surface area (Å²) in [6, 6.07) is 0. The summed E-state index contributed by atoms with van der Waals surface area (Å²) in [6.45, 7) is 7.47. The Labute approximate surface area is 62.8 Å². The molecule has 0 aliphatic carbocycles. The SMILES string of the molecule is C=BCC/C=C(\CC)N=N. The number of nitrogens with one attached hydrogen (secondary N) is 1. The molecule has 0 aromatic heterocycles. The zero-order chi connectivity index (χ0) is 7.82. The molecule has 0 heterocycles. The fourth-order valence-electron chi connectivity index (χ4n) is 0.637. The molecule has 0 atom stereocenters. The van der Waals surface area contributed by atoms with Crippen LogP contribution in [-0.2, 0) is 0 Å². The van der Waals surface area contributed by atoms with Gasteiger partial charge in [0.15, 0.2) is 0 Å². The van der Waals surface area contributed by atoms with E-state index < -0.39 is 0 Å². The Morgan fingerprint density at radius 2 is 2.50 bits per heavy atom. The van der Waals surface area contributed by atoms with Crippen LogP contribution in [0.1, 0.15) is 19.8 Å². The third-order valence-corrected chi connectivity index (χ3v) is 1.26. The Kier molecular flexibility index (Phi) is 5.93. The van der Waals surface area contributed by atoms with Crippen LogP contribution in [0.25, 0.3) is 0 Å². The summed E-state index contributed by atoms with van der Waals surface area (Å²) < 4.78 is 0. The molecule has 0 bridgehead atoms. The molecule has 10 heavy (non-hydrogen) atoms. The second-order valence-corrected chi connectivity index (χ2v) is 2.03. The first kappa shape index (κ1) is 9.27. The normalized spacial score (nSPS) is 10.7. The summed E-state index contributed by atoms with van der Waals surface area (Å²) in [4.78, 5) is 0. The summed E-state index contributed by atoms with van der Waals surface area (Å²) in [5.74, 6) is 0. The molecule has 3 heteroatoms. The van der Waals surface area contributed by atoms with Gasteiger partial charge in [0, 0.05) is 0 Å². The van der Waals surface area contributed by atoms with Crippen molar-refractivity contribution in [3.05, 3.63) is 11.8 Å². The Balaban J connectivity index is 3.62. The average molecular weight is 136 g/mol. The van der Waals surface area contributed by atoms with Crippen molar-refractivity contribution in [2.45, 2.75) is 26.1 Å². The first-order valence-electron chi connectivity index (χ1n) is 3.52. The molecule has 0 radical (unpaired) electrons. The monoisotopic (exact) mass is 136 g/mol. The fraction of sp³-hybridized carbons (Fsp3) is 0.571. The molecule has 54 valence electrons. The minimum absolute atomic E-state index is 0.848. The van der Waals surface area contributed by atoms with E-state index in [0.717, 1.165) is 24.9 Å². The number of hydrogen-bond donors (Lipinski definition) is 1. The second kappa shape index (κ2) is 6.40. The summed E-state index contributed by atoms with van der Waals surface area (Å²) in [6.07, 6.45) is 4.75. The number of allylic oxidation sites excluding steroid dienone is 2. The molecule has 0 unspecified atom stereocenters. The van der Waals surface area contributed by atoms with Crippen LogP contribution < -0.4 is 0 Å². The summed E-state index contributed by atoms with van der Waals surface area (Å²) in [5, 5.41) is 3.36. The number of hydrogen-bond acceptors (Lipinski definition) is 2. The Hall–Kier alpha value is -0.725. The van der Waals surface area contributed by atoms with Crippen molar-refractivity contribution in [1.82, 2.24) is 0 Å². The Bertz CT molecular complexity index is 141. The van der Waals surface area contributed by atoms with Crippen molar-refractivity contribution in [1.29, 1.82) is 5.53 Å². The van der Waals surface area contributed by atoms with Crippen LogP contribution >= 0.6 is 0 Å². The van der Waals surface area contributed by atoms with Gasteiger partial charge < -0.3 is 0 Å². The number of rotatable bonds is 5. The van der Waals surface area contributed by atoms with E-state index in [0.29, 0.717) is 0 Å². The zero-order valence-electron chi connectivity index (χ0n) is 6.43. The molecule has 0 amide bonds. The molecule has 0 spiro atoms. The third kappa shape index (κ3) is 4.18. The van der Waals surface area contributed by atoms with Gasteiger partial charge in [-0.05, 0) is 0 Å². The van der Waals surface area contributed by atoms with E-state index in [1.54, 1.807) is 0 Å².